The van der Waals surface area contributed by atoms with Gasteiger partial charge in [0.15, 0.2) is 11.5 Å². The van der Waals surface area contributed by atoms with E-state index in [1.165, 1.54) is 5.56 Å². The largest absolute Gasteiger partial charge is 0.376 e. The second-order valence-electron chi connectivity index (χ2n) is 7.77. The molecule has 0 aliphatic carbocycles. The van der Waals surface area contributed by atoms with Crippen LogP contribution in [0.25, 0.3) is 0 Å². The summed E-state index contributed by atoms with van der Waals surface area (Å²) in [5.41, 5.74) is 7.71. The quantitative estimate of drug-likeness (QED) is 0.716. The normalized spacial score (nSPS) is 12.8. The first-order chi connectivity index (χ1) is 14.5. The zero-order valence-electron chi connectivity index (χ0n) is 17.8. The summed E-state index contributed by atoms with van der Waals surface area (Å²) in [5, 5.41) is 21.1. The predicted octanol–water partition coefficient (Wildman–Crippen LogP) is 3.73. The van der Waals surface area contributed by atoms with E-state index in [2.05, 4.69) is 49.6 Å². The van der Waals surface area contributed by atoms with Crippen LogP contribution in [-0.4, -0.2) is 35.8 Å². The van der Waals surface area contributed by atoms with Crippen molar-refractivity contribution in [1.29, 1.82) is 5.26 Å². The highest BCUT2D eigenvalue weighted by atomic mass is 15.3. The minimum atomic E-state index is 0.390. The van der Waals surface area contributed by atoms with Crippen LogP contribution in [0.1, 0.15) is 28.1 Å². The molecule has 0 spiro atoms. The molecule has 1 aromatic carbocycles. The third kappa shape index (κ3) is 3.64. The third-order valence-electron chi connectivity index (χ3n) is 5.61. The van der Waals surface area contributed by atoms with Crippen molar-refractivity contribution in [2.24, 2.45) is 0 Å². The van der Waals surface area contributed by atoms with E-state index in [-0.39, 0.29) is 0 Å². The molecule has 0 saturated heterocycles. The SMILES string of the molecule is Cc1c(C#N)nnc(N2CCc3ncc(Nc4ccccc4N(C)C)cc3C2)c1C. The Kier molecular flexibility index (Phi) is 5.23. The molecule has 3 heterocycles. The van der Waals surface area contributed by atoms with Crippen molar-refractivity contribution in [2.45, 2.75) is 26.8 Å². The number of nitrogens with one attached hydrogen (secondary N) is 1. The molecule has 7 heteroatoms. The van der Waals surface area contributed by atoms with Gasteiger partial charge in [0.1, 0.15) is 6.07 Å². The van der Waals surface area contributed by atoms with Crippen LogP contribution >= 0.6 is 0 Å². The number of benzene rings is 1. The van der Waals surface area contributed by atoms with E-state index in [1.807, 2.05) is 46.3 Å². The molecule has 3 aromatic rings. The van der Waals surface area contributed by atoms with E-state index in [0.29, 0.717) is 12.2 Å². The third-order valence-corrected chi connectivity index (χ3v) is 5.61. The zero-order valence-corrected chi connectivity index (χ0v) is 17.8. The second kappa shape index (κ2) is 7.99. The van der Waals surface area contributed by atoms with Crippen molar-refractivity contribution in [3.05, 3.63) is 64.6 Å². The molecule has 0 radical (unpaired) electrons. The molecule has 1 aliphatic rings. The monoisotopic (exact) mass is 399 g/mol. The van der Waals surface area contributed by atoms with Gasteiger partial charge in [0, 0.05) is 39.3 Å². The number of aromatic nitrogens is 3. The first kappa shape index (κ1) is 19.6. The average Bonchev–Trinajstić information content (AvgIpc) is 2.75. The van der Waals surface area contributed by atoms with Gasteiger partial charge in [-0.3, -0.25) is 4.98 Å². The predicted molar refractivity (Wildman–Crippen MR) is 119 cm³/mol. The molecular formula is C23H25N7. The van der Waals surface area contributed by atoms with E-state index in [1.54, 1.807) is 0 Å². The summed E-state index contributed by atoms with van der Waals surface area (Å²) in [6.45, 7) is 5.48. The van der Waals surface area contributed by atoms with Crippen LogP contribution in [0, 0.1) is 25.2 Å². The highest BCUT2D eigenvalue weighted by Crippen LogP contribution is 2.30. The molecular weight excluding hydrogens is 374 g/mol. The van der Waals surface area contributed by atoms with Gasteiger partial charge in [0.2, 0.25) is 0 Å². The van der Waals surface area contributed by atoms with Crippen LogP contribution in [0.5, 0.6) is 0 Å². The van der Waals surface area contributed by atoms with Crippen molar-refractivity contribution in [3.8, 4) is 6.07 Å². The van der Waals surface area contributed by atoms with E-state index in [0.717, 1.165) is 52.7 Å². The van der Waals surface area contributed by atoms with Gasteiger partial charge < -0.3 is 15.1 Å². The molecule has 0 saturated carbocycles. The topological polar surface area (TPSA) is 81.0 Å². The van der Waals surface area contributed by atoms with Crippen LogP contribution in [0.15, 0.2) is 36.5 Å². The Morgan fingerprint density at radius 3 is 2.70 bits per heavy atom. The number of anilines is 4. The molecule has 0 fully saturated rings. The molecule has 0 atom stereocenters. The van der Waals surface area contributed by atoms with Gasteiger partial charge in [0.25, 0.3) is 0 Å². The van der Waals surface area contributed by atoms with E-state index < -0.39 is 0 Å². The number of fused-ring (bicyclic) bond motifs is 1. The van der Waals surface area contributed by atoms with E-state index in [9.17, 15) is 5.26 Å². The Labute approximate surface area is 177 Å². The van der Waals surface area contributed by atoms with Gasteiger partial charge in [-0.15, -0.1) is 10.2 Å². The van der Waals surface area contributed by atoms with Crippen molar-refractivity contribution in [2.75, 3.05) is 35.8 Å². The summed E-state index contributed by atoms with van der Waals surface area (Å²) in [7, 11) is 4.07. The van der Waals surface area contributed by atoms with Crippen LogP contribution in [0.2, 0.25) is 0 Å². The Morgan fingerprint density at radius 2 is 1.93 bits per heavy atom. The number of nitrogens with zero attached hydrogens (tertiary/aromatic N) is 6. The fourth-order valence-corrected chi connectivity index (χ4v) is 3.80. The number of para-hydroxylation sites is 2. The molecule has 0 bridgehead atoms. The van der Waals surface area contributed by atoms with Gasteiger partial charge in [0.05, 0.1) is 23.3 Å². The summed E-state index contributed by atoms with van der Waals surface area (Å²) in [5.74, 6) is 0.841. The van der Waals surface area contributed by atoms with Crippen LogP contribution in [0.4, 0.5) is 22.9 Å². The van der Waals surface area contributed by atoms with Crippen LogP contribution in [-0.2, 0) is 13.0 Å². The Bertz CT molecular complexity index is 1130. The number of pyridine rings is 1. The van der Waals surface area contributed by atoms with Crippen molar-refractivity contribution in [3.63, 3.8) is 0 Å². The molecule has 7 nitrogen and oxygen atoms in total. The maximum Gasteiger partial charge on any atom is 0.166 e. The number of hydrogen-bond acceptors (Lipinski definition) is 7. The van der Waals surface area contributed by atoms with E-state index >= 15 is 0 Å². The maximum atomic E-state index is 9.20. The van der Waals surface area contributed by atoms with Crippen LogP contribution < -0.4 is 15.1 Å². The highest BCUT2D eigenvalue weighted by Gasteiger charge is 2.22. The van der Waals surface area contributed by atoms with Gasteiger partial charge >= 0.3 is 0 Å². The lowest BCUT2D eigenvalue weighted by atomic mass is 10.0. The summed E-state index contributed by atoms with van der Waals surface area (Å²) in [6.07, 6.45) is 2.75. The number of rotatable bonds is 4. The van der Waals surface area contributed by atoms with Crippen molar-refractivity contribution in [1.82, 2.24) is 15.2 Å². The molecule has 152 valence electrons. The summed E-state index contributed by atoms with van der Waals surface area (Å²) in [4.78, 5) is 9.01. The summed E-state index contributed by atoms with van der Waals surface area (Å²) in [6, 6.07) is 12.5. The first-order valence-corrected chi connectivity index (χ1v) is 9.98. The second-order valence-corrected chi connectivity index (χ2v) is 7.77. The molecule has 30 heavy (non-hydrogen) atoms. The Hall–Kier alpha value is -3.66. The fraction of sp³-hybridized carbons (Fsp3) is 0.304. The molecule has 2 aromatic heterocycles. The minimum absolute atomic E-state index is 0.390. The maximum absolute atomic E-state index is 9.20. The molecule has 1 N–H and O–H groups in total. The molecule has 0 unspecified atom stereocenters. The number of hydrogen-bond donors (Lipinski definition) is 1. The van der Waals surface area contributed by atoms with Gasteiger partial charge in [-0.25, -0.2) is 0 Å². The Morgan fingerprint density at radius 1 is 1.13 bits per heavy atom. The van der Waals surface area contributed by atoms with Crippen LogP contribution in [0.3, 0.4) is 0 Å². The highest BCUT2D eigenvalue weighted by molar-refractivity contribution is 5.75. The smallest absolute Gasteiger partial charge is 0.166 e. The van der Waals surface area contributed by atoms with Crippen molar-refractivity contribution < 1.29 is 0 Å². The average molecular weight is 400 g/mol. The van der Waals surface area contributed by atoms with Gasteiger partial charge in [-0.1, -0.05) is 12.1 Å². The standard InChI is InChI=1S/C23H25N7/c1-15-16(2)23(28-27-21(15)12-24)30-10-9-19-17(14-30)11-18(13-25-19)26-20-7-5-6-8-22(20)29(3)4/h5-8,11,13,26H,9-10,14H2,1-4H3. The summed E-state index contributed by atoms with van der Waals surface area (Å²) >= 11 is 0. The minimum Gasteiger partial charge on any atom is -0.376 e. The molecule has 4 rings (SSSR count). The van der Waals surface area contributed by atoms with Gasteiger partial charge in [-0.2, -0.15) is 5.26 Å². The fourth-order valence-electron chi connectivity index (χ4n) is 3.80. The lowest BCUT2D eigenvalue weighted by Crippen LogP contribution is -2.32. The first-order valence-electron chi connectivity index (χ1n) is 9.98. The lowest BCUT2D eigenvalue weighted by Gasteiger charge is -2.30. The van der Waals surface area contributed by atoms with E-state index in [4.69, 9.17) is 4.98 Å². The Balaban J connectivity index is 1.61. The van der Waals surface area contributed by atoms with Gasteiger partial charge in [-0.05, 0) is 48.7 Å². The zero-order chi connectivity index (χ0) is 21.3. The molecule has 1 aliphatic heterocycles. The number of nitriles is 1. The molecule has 0 amide bonds. The van der Waals surface area contributed by atoms with Crippen molar-refractivity contribution >= 4 is 22.9 Å². The lowest BCUT2D eigenvalue weighted by molar-refractivity contribution is 0.692. The summed E-state index contributed by atoms with van der Waals surface area (Å²) < 4.78 is 0.